The molecule has 4 aromatic rings. The van der Waals surface area contributed by atoms with E-state index in [1.807, 2.05) is 43.3 Å². The van der Waals surface area contributed by atoms with Gasteiger partial charge in [-0.2, -0.15) is 0 Å². The maximum Gasteiger partial charge on any atom is 0.267 e. The van der Waals surface area contributed by atoms with Crippen LogP contribution >= 0.6 is 11.3 Å². The van der Waals surface area contributed by atoms with Crippen LogP contribution in [-0.2, 0) is 11.3 Å². The number of rotatable bonds is 6. The summed E-state index contributed by atoms with van der Waals surface area (Å²) in [6.45, 7) is 1.93. The van der Waals surface area contributed by atoms with Crippen molar-refractivity contribution in [2.24, 2.45) is 0 Å². The molecule has 5 nitrogen and oxygen atoms in total. The number of carbonyl (C=O) groups excluding carboxylic acids is 1. The Labute approximate surface area is 171 Å². The highest BCUT2D eigenvalue weighted by atomic mass is 32.1. The van der Waals surface area contributed by atoms with E-state index in [1.54, 1.807) is 18.3 Å². The highest BCUT2D eigenvalue weighted by molar-refractivity contribution is 7.22. The van der Waals surface area contributed by atoms with Crippen LogP contribution in [0.1, 0.15) is 11.3 Å². The normalized spacial score (nSPS) is 10.8. The Bertz CT molecular complexity index is 1150. The lowest BCUT2D eigenvalue weighted by molar-refractivity contribution is -0.120. The molecule has 146 valence electrons. The van der Waals surface area contributed by atoms with E-state index in [4.69, 9.17) is 4.74 Å². The van der Waals surface area contributed by atoms with Gasteiger partial charge in [0.1, 0.15) is 0 Å². The van der Waals surface area contributed by atoms with E-state index in [0.29, 0.717) is 5.13 Å². The fourth-order valence-corrected chi connectivity index (χ4v) is 3.95. The third kappa shape index (κ3) is 4.25. The number of amides is 1. The van der Waals surface area contributed by atoms with E-state index in [2.05, 4.69) is 9.97 Å². The Kier molecular flexibility index (Phi) is 5.48. The van der Waals surface area contributed by atoms with E-state index in [-0.39, 0.29) is 24.8 Å². The average Bonchev–Trinajstić information content (AvgIpc) is 3.17. The van der Waals surface area contributed by atoms with Crippen molar-refractivity contribution in [1.29, 1.82) is 0 Å². The fraction of sp³-hybridized carbons (Fsp3) is 0.136. The summed E-state index contributed by atoms with van der Waals surface area (Å²) in [5.74, 6) is -0.790. The summed E-state index contributed by atoms with van der Waals surface area (Å²) in [7, 11) is 0. The Hall–Kier alpha value is -3.32. The van der Waals surface area contributed by atoms with Crippen molar-refractivity contribution in [2.45, 2.75) is 13.5 Å². The average molecular weight is 407 g/mol. The lowest BCUT2D eigenvalue weighted by Gasteiger charge is -2.19. The van der Waals surface area contributed by atoms with Crippen molar-refractivity contribution in [3.05, 3.63) is 83.9 Å². The molecular weight excluding hydrogens is 389 g/mol. The molecule has 7 heteroatoms. The first-order valence-corrected chi connectivity index (χ1v) is 9.87. The van der Waals surface area contributed by atoms with Crippen LogP contribution in [0.2, 0.25) is 0 Å². The number of pyridine rings is 1. The fourth-order valence-electron chi connectivity index (χ4n) is 2.89. The number of thiazole rings is 1. The van der Waals surface area contributed by atoms with Gasteiger partial charge in [-0.25, -0.2) is 9.37 Å². The van der Waals surface area contributed by atoms with Crippen LogP contribution in [0.3, 0.4) is 0 Å². The molecule has 0 radical (unpaired) electrons. The number of halogens is 1. The Morgan fingerprint density at radius 3 is 2.69 bits per heavy atom. The molecule has 0 spiro atoms. The number of carbonyl (C=O) groups is 1. The molecule has 0 bridgehead atoms. The third-order valence-electron chi connectivity index (χ3n) is 4.38. The van der Waals surface area contributed by atoms with Gasteiger partial charge in [0.2, 0.25) is 0 Å². The first kappa shape index (κ1) is 19.0. The Morgan fingerprint density at radius 2 is 1.93 bits per heavy atom. The highest BCUT2D eigenvalue weighted by Crippen LogP contribution is 2.31. The van der Waals surface area contributed by atoms with E-state index in [1.165, 1.54) is 28.4 Å². The number of aromatic nitrogens is 2. The van der Waals surface area contributed by atoms with Crippen LogP contribution in [0.15, 0.2) is 66.9 Å². The van der Waals surface area contributed by atoms with Gasteiger partial charge in [0.15, 0.2) is 23.3 Å². The second kappa shape index (κ2) is 8.36. The molecule has 2 heterocycles. The van der Waals surface area contributed by atoms with Crippen LogP contribution in [0, 0.1) is 12.7 Å². The Balaban J connectivity index is 1.63. The molecule has 0 atom stereocenters. The summed E-state index contributed by atoms with van der Waals surface area (Å²) < 4.78 is 20.2. The number of hydrogen-bond donors (Lipinski definition) is 0. The largest absolute Gasteiger partial charge is 0.481 e. The predicted octanol–water partition coefficient (Wildman–Crippen LogP) is 4.75. The van der Waals surface area contributed by atoms with Crippen molar-refractivity contribution in [2.75, 3.05) is 11.5 Å². The lowest BCUT2D eigenvalue weighted by Crippen LogP contribution is -2.34. The van der Waals surface area contributed by atoms with Crippen molar-refractivity contribution in [3.63, 3.8) is 0 Å². The van der Waals surface area contributed by atoms with E-state index >= 15 is 0 Å². The van der Waals surface area contributed by atoms with Crippen molar-refractivity contribution < 1.29 is 13.9 Å². The second-order valence-corrected chi connectivity index (χ2v) is 7.45. The minimum absolute atomic E-state index is 0.0405. The van der Waals surface area contributed by atoms with Gasteiger partial charge in [-0.1, -0.05) is 41.7 Å². The number of para-hydroxylation sites is 2. The second-order valence-electron chi connectivity index (χ2n) is 6.44. The first-order chi connectivity index (χ1) is 14.1. The van der Waals surface area contributed by atoms with Gasteiger partial charge in [-0.15, -0.1) is 0 Å². The molecule has 0 aliphatic rings. The zero-order valence-electron chi connectivity index (χ0n) is 15.7. The third-order valence-corrected chi connectivity index (χ3v) is 5.42. The zero-order valence-corrected chi connectivity index (χ0v) is 16.5. The van der Waals surface area contributed by atoms with Gasteiger partial charge in [0.25, 0.3) is 5.91 Å². The van der Waals surface area contributed by atoms with E-state index < -0.39 is 5.82 Å². The molecule has 29 heavy (non-hydrogen) atoms. The standard InChI is InChI=1S/C22H18FN3O2S/c1-15-7-6-11-19-21(15)25-22(29-19)26(13-16-8-4-5-12-24-16)20(27)14-28-18-10-3-2-9-17(18)23/h2-12H,13-14H2,1H3. The summed E-state index contributed by atoms with van der Waals surface area (Å²) in [6.07, 6.45) is 1.68. The summed E-state index contributed by atoms with van der Waals surface area (Å²) in [5, 5.41) is 0.557. The number of anilines is 1. The maximum absolute atomic E-state index is 13.8. The molecular formula is C22H18FN3O2S. The van der Waals surface area contributed by atoms with Crippen molar-refractivity contribution >= 4 is 32.6 Å². The van der Waals surface area contributed by atoms with Crippen LogP contribution in [-0.4, -0.2) is 22.5 Å². The van der Waals surface area contributed by atoms with Gasteiger partial charge >= 0.3 is 0 Å². The van der Waals surface area contributed by atoms with E-state index in [9.17, 15) is 9.18 Å². The zero-order chi connectivity index (χ0) is 20.2. The van der Waals surface area contributed by atoms with Gasteiger partial charge in [-0.3, -0.25) is 14.7 Å². The SMILES string of the molecule is Cc1cccc2sc(N(Cc3ccccn3)C(=O)COc3ccccc3F)nc12. The van der Waals surface area contributed by atoms with Crippen LogP contribution in [0.25, 0.3) is 10.2 Å². The monoisotopic (exact) mass is 407 g/mol. The molecule has 0 unspecified atom stereocenters. The van der Waals surface area contributed by atoms with Gasteiger partial charge < -0.3 is 4.74 Å². The molecule has 0 aliphatic carbocycles. The molecule has 0 saturated carbocycles. The number of aryl methyl sites for hydroxylation is 1. The number of hydrogen-bond acceptors (Lipinski definition) is 5. The Morgan fingerprint density at radius 1 is 1.10 bits per heavy atom. The van der Waals surface area contributed by atoms with Crippen molar-refractivity contribution in [3.8, 4) is 5.75 Å². The topological polar surface area (TPSA) is 55.3 Å². The minimum atomic E-state index is -0.507. The molecule has 0 N–H and O–H groups in total. The maximum atomic E-state index is 13.8. The molecule has 1 amide bonds. The van der Waals surface area contributed by atoms with Crippen LogP contribution in [0.4, 0.5) is 9.52 Å². The highest BCUT2D eigenvalue weighted by Gasteiger charge is 2.22. The predicted molar refractivity (Wildman–Crippen MR) is 112 cm³/mol. The molecule has 0 fully saturated rings. The van der Waals surface area contributed by atoms with Crippen LogP contribution < -0.4 is 9.64 Å². The summed E-state index contributed by atoms with van der Waals surface area (Å²) in [5.41, 5.74) is 2.63. The number of nitrogens with zero attached hydrogens (tertiary/aromatic N) is 3. The van der Waals surface area contributed by atoms with Gasteiger partial charge in [0.05, 0.1) is 22.5 Å². The van der Waals surface area contributed by atoms with Crippen molar-refractivity contribution in [1.82, 2.24) is 9.97 Å². The summed E-state index contributed by atoms with van der Waals surface area (Å²) in [6, 6.07) is 17.5. The van der Waals surface area contributed by atoms with Gasteiger partial charge in [0, 0.05) is 6.20 Å². The number of ether oxygens (including phenoxy) is 1. The van der Waals surface area contributed by atoms with Gasteiger partial charge in [-0.05, 0) is 42.8 Å². The molecule has 0 saturated heterocycles. The molecule has 0 aliphatic heterocycles. The smallest absolute Gasteiger partial charge is 0.267 e. The van der Waals surface area contributed by atoms with Crippen LogP contribution in [0.5, 0.6) is 5.75 Å². The van der Waals surface area contributed by atoms with E-state index in [0.717, 1.165) is 21.5 Å². The molecule has 2 aromatic carbocycles. The number of fused-ring (bicyclic) bond motifs is 1. The molecule has 2 aromatic heterocycles. The minimum Gasteiger partial charge on any atom is -0.481 e. The summed E-state index contributed by atoms with van der Waals surface area (Å²) in [4.78, 5) is 23.5. The quantitative estimate of drug-likeness (QED) is 0.463. The number of benzene rings is 2. The first-order valence-electron chi connectivity index (χ1n) is 9.05. The lowest BCUT2D eigenvalue weighted by atomic mass is 10.2. The molecule has 4 rings (SSSR count). The summed E-state index contributed by atoms with van der Waals surface area (Å²) >= 11 is 1.43.